The van der Waals surface area contributed by atoms with E-state index in [1.807, 2.05) is 50.7 Å². The molecule has 4 aromatic rings. The highest BCUT2D eigenvalue weighted by molar-refractivity contribution is 7.13. The highest BCUT2D eigenvalue weighted by Gasteiger charge is 2.30. The number of rotatable bonds is 4. The van der Waals surface area contributed by atoms with E-state index in [1.54, 1.807) is 37.1 Å². The number of aliphatic hydroxyl groups is 1. The summed E-state index contributed by atoms with van der Waals surface area (Å²) in [4.78, 5) is 34.7. The number of amides is 1. The number of hydrogen-bond acceptors (Lipinski definition) is 8. The summed E-state index contributed by atoms with van der Waals surface area (Å²) in [6.45, 7) is 2.69. The number of thiazole rings is 1. The van der Waals surface area contributed by atoms with Crippen molar-refractivity contribution in [3.05, 3.63) is 66.1 Å². The lowest BCUT2D eigenvalue weighted by Gasteiger charge is -2.25. The van der Waals surface area contributed by atoms with Crippen LogP contribution in [0.5, 0.6) is 0 Å². The van der Waals surface area contributed by atoms with Crippen molar-refractivity contribution in [2.45, 2.75) is 19.4 Å². The molecule has 0 saturated carbocycles. The molecule has 1 amide bonds. The molecule has 3 aromatic heterocycles. The topological polar surface area (TPSA) is 105 Å². The van der Waals surface area contributed by atoms with E-state index in [-0.39, 0.29) is 5.91 Å². The summed E-state index contributed by atoms with van der Waals surface area (Å²) >= 11 is 1.61. The first kappa shape index (κ1) is 24.5. The summed E-state index contributed by atoms with van der Waals surface area (Å²) in [6.07, 6.45) is 5.00. The molecule has 1 saturated heterocycles. The number of likely N-dealkylation sites (tertiary alicyclic amines) is 1. The number of aromatic nitrogens is 5. The van der Waals surface area contributed by atoms with Gasteiger partial charge in [-0.15, -0.1) is 11.3 Å². The zero-order chi connectivity index (χ0) is 25.0. The van der Waals surface area contributed by atoms with Gasteiger partial charge in [0.25, 0.3) is 5.91 Å². The average Bonchev–Trinajstić information content (AvgIpc) is 3.48. The van der Waals surface area contributed by atoms with Gasteiger partial charge in [0.05, 0.1) is 19.8 Å². The molecule has 1 atom stereocenters. The highest BCUT2D eigenvalue weighted by atomic mass is 32.1. The third kappa shape index (κ3) is 5.40. The van der Waals surface area contributed by atoms with Gasteiger partial charge < -0.3 is 10.0 Å². The van der Waals surface area contributed by atoms with Crippen molar-refractivity contribution < 1.29 is 9.90 Å². The smallest absolute Gasteiger partial charge is 0.335 e. The van der Waals surface area contributed by atoms with Gasteiger partial charge in [0.2, 0.25) is 5.82 Å². The van der Waals surface area contributed by atoms with Gasteiger partial charge in [-0.05, 0) is 19.4 Å². The molecule has 1 aliphatic heterocycles. The molecule has 1 unspecified atom stereocenters. The van der Waals surface area contributed by atoms with Crippen molar-refractivity contribution in [3.8, 4) is 22.0 Å². The van der Waals surface area contributed by atoms with Gasteiger partial charge in [0.1, 0.15) is 23.1 Å². The second-order valence-electron chi connectivity index (χ2n) is 8.69. The van der Waals surface area contributed by atoms with E-state index in [0.717, 1.165) is 33.3 Å². The number of carbonyl (C=O) groups excluding carboxylic acids is 1. The van der Waals surface area contributed by atoms with Crippen molar-refractivity contribution >= 4 is 29.0 Å². The van der Waals surface area contributed by atoms with E-state index >= 15 is 0 Å². The maximum Gasteiger partial charge on any atom is 0.335 e. The second-order valence-corrected chi connectivity index (χ2v) is 9.55. The summed E-state index contributed by atoms with van der Waals surface area (Å²) in [5.74, 6) is 1.37. The summed E-state index contributed by atoms with van der Waals surface area (Å²) in [7, 11) is 5.73. The third-order valence-electron chi connectivity index (χ3n) is 5.73. The van der Waals surface area contributed by atoms with E-state index in [2.05, 4.69) is 27.1 Å². The molecule has 35 heavy (non-hydrogen) atoms. The zero-order valence-electron chi connectivity index (χ0n) is 20.2. The third-order valence-corrected chi connectivity index (χ3v) is 6.62. The zero-order valence-corrected chi connectivity index (χ0v) is 21.0. The molecule has 5 rings (SSSR count). The fourth-order valence-electron chi connectivity index (χ4n) is 3.74. The van der Waals surface area contributed by atoms with Crippen LogP contribution in [0.1, 0.15) is 12.0 Å². The van der Waals surface area contributed by atoms with Crippen molar-refractivity contribution in [2.75, 3.05) is 27.7 Å². The Bertz CT molecular complexity index is 1300. The van der Waals surface area contributed by atoms with Crippen molar-refractivity contribution in [3.63, 3.8) is 0 Å². The summed E-state index contributed by atoms with van der Waals surface area (Å²) in [5, 5.41) is 11.8. The second kappa shape index (κ2) is 10.3. The van der Waals surface area contributed by atoms with Gasteiger partial charge in [0.15, 0.2) is 0 Å². The molecule has 0 spiro atoms. The summed E-state index contributed by atoms with van der Waals surface area (Å²) < 4.78 is 0.331. The minimum absolute atomic E-state index is 0.148. The SMILES string of the molecule is CN1CCC(O)C1=O.Cc1cncnc1[N+](C)(C)c1nccc(-c2csc(-c3ccccc3)n2)n1. The van der Waals surface area contributed by atoms with Gasteiger partial charge >= 0.3 is 5.95 Å². The standard InChI is InChI=1S/C20H19N6S.C5H9NO2/c1-14-11-21-13-23-18(14)26(2,3)20-22-10-9-16(25-20)17-12-27-19(24-17)15-7-5-4-6-8-15;1-6-3-2-4(7)5(6)8/h4-13H,1-3H3;4,7H,2-3H2,1H3/q+1;. The van der Waals surface area contributed by atoms with Crippen LogP contribution in [0.25, 0.3) is 22.0 Å². The van der Waals surface area contributed by atoms with Crippen LogP contribution in [-0.2, 0) is 4.79 Å². The Kier molecular flexibility index (Phi) is 7.25. The summed E-state index contributed by atoms with van der Waals surface area (Å²) in [5.41, 5.74) is 3.76. The van der Waals surface area contributed by atoms with E-state index in [9.17, 15) is 4.79 Å². The predicted molar refractivity (Wildman–Crippen MR) is 137 cm³/mol. The lowest BCUT2D eigenvalue weighted by atomic mass is 10.2. The van der Waals surface area contributed by atoms with E-state index in [1.165, 1.54) is 4.90 Å². The molecule has 0 radical (unpaired) electrons. The van der Waals surface area contributed by atoms with E-state index in [4.69, 9.17) is 15.1 Å². The van der Waals surface area contributed by atoms with Gasteiger partial charge in [0, 0.05) is 42.5 Å². The largest absolute Gasteiger partial charge is 0.383 e. The molecule has 9 nitrogen and oxygen atoms in total. The van der Waals surface area contributed by atoms with Crippen LogP contribution in [0.15, 0.2) is 60.5 Å². The average molecular weight is 491 g/mol. The molecular formula is C25H28N7O2S+. The van der Waals surface area contributed by atoms with Crippen molar-refractivity contribution in [1.29, 1.82) is 0 Å². The van der Waals surface area contributed by atoms with Crippen LogP contribution < -0.4 is 4.48 Å². The lowest BCUT2D eigenvalue weighted by molar-refractivity contribution is -0.133. The van der Waals surface area contributed by atoms with Crippen LogP contribution in [0.4, 0.5) is 11.8 Å². The van der Waals surface area contributed by atoms with Gasteiger partial charge in [-0.25, -0.2) is 14.5 Å². The van der Waals surface area contributed by atoms with Gasteiger partial charge in [-0.3, -0.25) is 4.79 Å². The van der Waals surface area contributed by atoms with Gasteiger partial charge in [-0.1, -0.05) is 30.3 Å². The molecular weight excluding hydrogens is 462 g/mol. The minimum Gasteiger partial charge on any atom is -0.383 e. The van der Waals surface area contributed by atoms with E-state index < -0.39 is 6.10 Å². The Hall–Kier alpha value is -3.60. The monoisotopic (exact) mass is 490 g/mol. The molecule has 4 heterocycles. The molecule has 10 heteroatoms. The van der Waals surface area contributed by atoms with Crippen LogP contribution in [0.3, 0.4) is 0 Å². The Labute approximate surface area is 208 Å². The molecule has 0 bridgehead atoms. The number of aryl methyl sites for hydroxylation is 1. The van der Waals surface area contributed by atoms with Crippen LogP contribution in [-0.4, -0.2) is 74.6 Å². The fraction of sp³-hybridized carbons (Fsp3) is 0.280. The normalized spacial score (nSPS) is 15.6. The van der Waals surface area contributed by atoms with Crippen LogP contribution in [0, 0.1) is 6.92 Å². The first-order chi connectivity index (χ1) is 16.8. The predicted octanol–water partition coefficient (Wildman–Crippen LogP) is 3.47. The molecule has 1 aliphatic rings. The molecule has 1 N–H and O–H groups in total. The van der Waals surface area contributed by atoms with Crippen LogP contribution in [0.2, 0.25) is 0 Å². The number of aliphatic hydroxyl groups excluding tert-OH is 1. The summed E-state index contributed by atoms with van der Waals surface area (Å²) in [6, 6.07) is 12.0. The molecule has 0 aliphatic carbocycles. The lowest BCUT2D eigenvalue weighted by Crippen LogP contribution is -2.37. The Balaban J connectivity index is 0.000000308. The first-order valence-corrected chi connectivity index (χ1v) is 12.0. The molecule has 1 fully saturated rings. The number of benzene rings is 1. The maximum absolute atomic E-state index is 10.6. The minimum atomic E-state index is -0.722. The Morgan fingerprint density at radius 3 is 2.49 bits per heavy atom. The van der Waals surface area contributed by atoms with Crippen molar-refractivity contribution in [1.82, 2.24) is 34.3 Å². The maximum atomic E-state index is 10.6. The Morgan fingerprint density at radius 1 is 1.09 bits per heavy atom. The first-order valence-electron chi connectivity index (χ1n) is 11.2. The Morgan fingerprint density at radius 2 is 1.86 bits per heavy atom. The quantitative estimate of drug-likeness (QED) is 0.437. The number of likely N-dealkylation sites (N-methyl/N-ethyl adjacent to an activating group) is 1. The van der Waals surface area contributed by atoms with Crippen LogP contribution >= 0.6 is 11.3 Å². The van der Waals surface area contributed by atoms with Crippen molar-refractivity contribution in [2.24, 2.45) is 0 Å². The number of nitrogens with zero attached hydrogens (tertiary/aromatic N) is 7. The molecule has 1 aromatic carbocycles. The number of carbonyl (C=O) groups is 1. The highest BCUT2D eigenvalue weighted by Crippen LogP contribution is 2.31. The fourth-order valence-corrected chi connectivity index (χ4v) is 4.56. The number of hydrogen-bond donors (Lipinski definition) is 1. The van der Waals surface area contributed by atoms with E-state index in [0.29, 0.717) is 23.4 Å². The molecule has 180 valence electrons. The van der Waals surface area contributed by atoms with Gasteiger partial charge in [-0.2, -0.15) is 15.0 Å². The number of quaternary nitrogens is 1.